The lowest BCUT2D eigenvalue weighted by Gasteiger charge is -2.15. The molecule has 0 radical (unpaired) electrons. The van der Waals surface area contributed by atoms with Crippen LogP contribution in [0.15, 0.2) is 29.2 Å². The van der Waals surface area contributed by atoms with Crippen molar-refractivity contribution >= 4 is 9.84 Å². The Kier molecular flexibility index (Phi) is 16.9. The highest BCUT2D eigenvalue weighted by Crippen LogP contribution is 2.19. The monoisotopic (exact) mass is 465 g/mol. The van der Waals surface area contributed by atoms with Crippen LogP contribution < -0.4 is 5.32 Å². The van der Waals surface area contributed by atoms with Gasteiger partial charge in [-0.2, -0.15) is 0 Å². The van der Waals surface area contributed by atoms with E-state index >= 15 is 0 Å². The van der Waals surface area contributed by atoms with E-state index in [-0.39, 0.29) is 11.8 Å². The summed E-state index contributed by atoms with van der Waals surface area (Å²) in [5.74, 6) is 0.271. The van der Waals surface area contributed by atoms with Gasteiger partial charge in [-0.15, -0.1) is 0 Å². The molecule has 0 saturated carbocycles. The van der Waals surface area contributed by atoms with Gasteiger partial charge in [-0.3, -0.25) is 0 Å². The largest absolute Gasteiger partial charge is 0.310 e. The van der Waals surface area contributed by atoms with E-state index in [4.69, 9.17) is 0 Å². The first-order valence-electron chi connectivity index (χ1n) is 13.6. The topological polar surface area (TPSA) is 46.2 Å². The highest BCUT2D eigenvalue weighted by molar-refractivity contribution is 7.91. The van der Waals surface area contributed by atoms with Crippen LogP contribution >= 0.6 is 0 Å². The Morgan fingerprint density at radius 3 is 1.59 bits per heavy atom. The van der Waals surface area contributed by atoms with Gasteiger partial charge in [-0.1, -0.05) is 116 Å². The molecule has 1 aromatic rings. The lowest BCUT2D eigenvalue weighted by molar-refractivity contribution is 0.521. The van der Waals surface area contributed by atoms with E-state index in [1.165, 1.54) is 83.5 Å². The lowest BCUT2D eigenvalue weighted by Crippen LogP contribution is -2.20. The van der Waals surface area contributed by atoms with E-state index in [2.05, 4.69) is 26.1 Å². The average molecular weight is 466 g/mol. The zero-order valence-electron chi connectivity index (χ0n) is 21.3. The predicted molar refractivity (Wildman–Crippen MR) is 140 cm³/mol. The molecule has 0 aliphatic rings. The quantitative estimate of drug-likeness (QED) is 0.185. The first kappa shape index (κ1) is 29.2. The van der Waals surface area contributed by atoms with Crippen LogP contribution in [0.1, 0.15) is 135 Å². The Morgan fingerprint density at radius 1 is 0.656 bits per heavy atom. The maximum atomic E-state index is 12.6. The van der Waals surface area contributed by atoms with Crippen LogP contribution in [0, 0.1) is 0 Å². The third kappa shape index (κ3) is 13.6. The van der Waals surface area contributed by atoms with Crippen molar-refractivity contribution in [2.75, 3.05) is 12.3 Å². The Bertz CT molecular complexity index is 655. The SMILES string of the molecule is CCCCCCCCCCNC(C)c1ccc(S(=O)(=O)CCCCCCCCCC)cc1. The van der Waals surface area contributed by atoms with Crippen LogP contribution in [0.25, 0.3) is 0 Å². The van der Waals surface area contributed by atoms with Crippen molar-refractivity contribution in [3.05, 3.63) is 29.8 Å². The Hall–Kier alpha value is -0.870. The molecule has 0 amide bonds. The summed E-state index contributed by atoms with van der Waals surface area (Å²) in [6.07, 6.45) is 20.0. The molecule has 1 N–H and O–H groups in total. The fourth-order valence-electron chi connectivity index (χ4n) is 4.20. The molecule has 0 saturated heterocycles. The van der Waals surface area contributed by atoms with Crippen molar-refractivity contribution in [1.29, 1.82) is 0 Å². The first-order chi connectivity index (χ1) is 15.5. The third-order valence-electron chi connectivity index (χ3n) is 6.49. The number of unbranched alkanes of at least 4 members (excludes halogenated alkanes) is 14. The number of hydrogen-bond donors (Lipinski definition) is 1. The molecule has 4 heteroatoms. The van der Waals surface area contributed by atoms with Gasteiger partial charge in [-0.05, 0) is 44.0 Å². The zero-order chi connectivity index (χ0) is 23.5. The molecule has 3 nitrogen and oxygen atoms in total. The molecule has 1 unspecified atom stereocenters. The molecule has 0 aliphatic carbocycles. The van der Waals surface area contributed by atoms with Gasteiger partial charge in [0.2, 0.25) is 0 Å². The molecule has 1 aromatic carbocycles. The summed E-state index contributed by atoms with van der Waals surface area (Å²) < 4.78 is 25.3. The van der Waals surface area contributed by atoms with E-state index < -0.39 is 9.84 Å². The van der Waals surface area contributed by atoms with Crippen molar-refractivity contribution in [2.45, 2.75) is 134 Å². The van der Waals surface area contributed by atoms with Crippen molar-refractivity contribution in [2.24, 2.45) is 0 Å². The first-order valence-corrected chi connectivity index (χ1v) is 15.2. The van der Waals surface area contributed by atoms with Gasteiger partial charge in [0.05, 0.1) is 10.6 Å². The summed E-state index contributed by atoms with van der Waals surface area (Å²) in [6, 6.07) is 7.80. The number of nitrogens with one attached hydrogen (secondary N) is 1. The second-order valence-corrected chi connectivity index (χ2v) is 11.6. The number of benzene rings is 1. The third-order valence-corrected chi connectivity index (χ3v) is 8.30. The van der Waals surface area contributed by atoms with Gasteiger partial charge in [0.25, 0.3) is 0 Å². The van der Waals surface area contributed by atoms with Crippen molar-refractivity contribution in [1.82, 2.24) is 5.32 Å². The fourth-order valence-corrected chi connectivity index (χ4v) is 5.57. The van der Waals surface area contributed by atoms with Gasteiger partial charge in [0.1, 0.15) is 0 Å². The van der Waals surface area contributed by atoms with E-state index in [9.17, 15) is 8.42 Å². The van der Waals surface area contributed by atoms with Gasteiger partial charge in [0, 0.05) is 6.04 Å². The highest BCUT2D eigenvalue weighted by atomic mass is 32.2. The highest BCUT2D eigenvalue weighted by Gasteiger charge is 2.14. The molecule has 186 valence electrons. The van der Waals surface area contributed by atoms with Crippen LogP contribution in [0.2, 0.25) is 0 Å². The molecule has 1 rings (SSSR count). The summed E-state index contributed by atoms with van der Waals surface area (Å²) >= 11 is 0. The minimum atomic E-state index is -3.16. The van der Waals surface area contributed by atoms with Crippen LogP contribution in [-0.2, 0) is 9.84 Å². The maximum absolute atomic E-state index is 12.6. The molecule has 0 spiro atoms. The van der Waals surface area contributed by atoms with Crippen LogP contribution in [0.5, 0.6) is 0 Å². The molecule has 0 bridgehead atoms. The van der Waals surface area contributed by atoms with Gasteiger partial charge in [-0.25, -0.2) is 8.42 Å². The minimum Gasteiger partial charge on any atom is -0.310 e. The second-order valence-electron chi connectivity index (χ2n) is 9.51. The number of sulfone groups is 1. The van der Waals surface area contributed by atoms with E-state index in [1.807, 2.05) is 12.1 Å². The maximum Gasteiger partial charge on any atom is 0.178 e. The molecule has 32 heavy (non-hydrogen) atoms. The van der Waals surface area contributed by atoms with E-state index in [0.29, 0.717) is 4.90 Å². The van der Waals surface area contributed by atoms with Crippen LogP contribution in [0.4, 0.5) is 0 Å². The fraction of sp³-hybridized carbons (Fsp3) is 0.786. The number of rotatable bonds is 21. The van der Waals surface area contributed by atoms with Gasteiger partial charge < -0.3 is 5.32 Å². The summed E-state index contributed by atoms with van der Waals surface area (Å²) in [5, 5.41) is 3.59. The normalized spacial score (nSPS) is 12.8. The van der Waals surface area contributed by atoms with Gasteiger partial charge >= 0.3 is 0 Å². The minimum absolute atomic E-state index is 0.254. The Labute approximate surface area is 200 Å². The molecule has 0 aliphatic heterocycles. The van der Waals surface area contributed by atoms with Crippen molar-refractivity contribution < 1.29 is 8.42 Å². The van der Waals surface area contributed by atoms with Crippen molar-refractivity contribution in [3.63, 3.8) is 0 Å². The molecule has 0 aromatic heterocycles. The molecule has 0 fully saturated rings. The summed E-state index contributed by atoms with van der Waals surface area (Å²) in [6.45, 7) is 7.67. The summed E-state index contributed by atoms with van der Waals surface area (Å²) in [4.78, 5) is 0.472. The molecular formula is C28H51NO2S. The van der Waals surface area contributed by atoms with Gasteiger partial charge in [0.15, 0.2) is 9.84 Å². The zero-order valence-corrected chi connectivity index (χ0v) is 22.2. The van der Waals surface area contributed by atoms with Crippen molar-refractivity contribution in [3.8, 4) is 0 Å². The van der Waals surface area contributed by atoms with Crippen LogP contribution in [-0.4, -0.2) is 20.7 Å². The summed E-state index contributed by atoms with van der Waals surface area (Å²) in [7, 11) is -3.16. The van der Waals surface area contributed by atoms with Crippen LogP contribution in [0.3, 0.4) is 0 Å². The Morgan fingerprint density at radius 2 is 1.09 bits per heavy atom. The molecular weight excluding hydrogens is 414 g/mol. The molecule has 0 heterocycles. The van der Waals surface area contributed by atoms with E-state index in [1.54, 1.807) is 12.1 Å². The molecule has 1 atom stereocenters. The second kappa shape index (κ2) is 18.5. The number of hydrogen-bond acceptors (Lipinski definition) is 3. The smallest absolute Gasteiger partial charge is 0.178 e. The van der Waals surface area contributed by atoms with E-state index in [0.717, 1.165) is 31.4 Å². The predicted octanol–water partition coefficient (Wildman–Crippen LogP) is 8.39. The standard InChI is InChI=1S/C28H51NO2S/c1-4-6-8-10-12-14-16-18-24-29-26(3)27-20-22-28(23-21-27)32(30,31)25-19-17-15-13-11-9-7-5-2/h20-23,26,29H,4-19,24-25H2,1-3H3. The average Bonchev–Trinajstić information content (AvgIpc) is 2.79. The lowest BCUT2D eigenvalue weighted by atomic mass is 10.1. The Balaban J connectivity index is 2.23. The summed E-state index contributed by atoms with van der Waals surface area (Å²) in [5.41, 5.74) is 1.16.